The lowest BCUT2D eigenvalue weighted by Gasteiger charge is -2.19. The van der Waals surface area contributed by atoms with Crippen molar-refractivity contribution in [1.29, 1.82) is 0 Å². The number of halogens is 3. The van der Waals surface area contributed by atoms with Crippen molar-refractivity contribution in [3.05, 3.63) is 57.6 Å². The molecule has 2 atom stereocenters. The summed E-state index contributed by atoms with van der Waals surface area (Å²) in [5, 5.41) is 11.4. The van der Waals surface area contributed by atoms with Gasteiger partial charge in [0.15, 0.2) is 0 Å². The number of aliphatic hydroxyl groups excluding tert-OH is 1. The molecule has 19 heavy (non-hydrogen) atoms. The van der Waals surface area contributed by atoms with E-state index in [0.717, 1.165) is 5.56 Å². The van der Waals surface area contributed by atoms with Crippen molar-refractivity contribution < 1.29 is 5.11 Å². The molecule has 3 nitrogen and oxygen atoms in total. The Hall–Kier alpha value is -0.680. The van der Waals surface area contributed by atoms with Crippen LogP contribution in [0, 0.1) is 6.92 Å². The second kappa shape index (κ2) is 6.18. The molecule has 2 aromatic rings. The van der Waals surface area contributed by atoms with Crippen LogP contribution >= 0.6 is 39.1 Å². The Morgan fingerprint density at radius 1 is 1.21 bits per heavy atom. The zero-order valence-electron chi connectivity index (χ0n) is 10.0. The molecule has 0 spiro atoms. The van der Waals surface area contributed by atoms with Gasteiger partial charge in [-0.3, -0.25) is 9.97 Å². The molecule has 0 saturated carbocycles. The average molecular weight is 362 g/mol. The van der Waals surface area contributed by atoms with Crippen LogP contribution in [0.1, 0.15) is 27.9 Å². The van der Waals surface area contributed by atoms with Gasteiger partial charge in [-0.05, 0) is 24.6 Å². The molecule has 100 valence electrons. The Kier molecular flexibility index (Phi) is 4.79. The zero-order chi connectivity index (χ0) is 14.0. The fourth-order valence-electron chi connectivity index (χ4n) is 1.74. The summed E-state index contributed by atoms with van der Waals surface area (Å²) in [5.74, 6) is 0. The third-order valence-corrected chi connectivity index (χ3v) is 4.29. The fraction of sp³-hybridized carbons (Fsp3) is 0.231. The topological polar surface area (TPSA) is 46.0 Å². The number of benzene rings is 1. The standard InChI is InChI=1S/C13H11BrCl2N2O/c1-7-12(18-5-4-17-7)13(19)11(14)9-3-2-8(15)6-10(9)16/h2-6,11,13,19H,1H3. The number of hydrogen-bond donors (Lipinski definition) is 1. The molecule has 1 aromatic carbocycles. The minimum absolute atomic E-state index is 0.382. The van der Waals surface area contributed by atoms with Crippen molar-refractivity contribution in [2.24, 2.45) is 0 Å². The molecule has 1 heterocycles. The maximum atomic E-state index is 10.4. The van der Waals surface area contributed by atoms with Crippen molar-refractivity contribution in [2.45, 2.75) is 17.9 Å². The van der Waals surface area contributed by atoms with E-state index >= 15 is 0 Å². The van der Waals surface area contributed by atoms with Gasteiger partial charge in [0.05, 0.1) is 16.2 Å². The van der Waals surface area contributed by atoms with Crippen LogP contribution in [0.25, 0.3) is 0 Å². The first-order chi connectivity index (χ1) is 9.00. The number of alkyl halides is 1. The number of aryl methyl sites for hydroxylation is 1. The van der Waals surface area contributed by atoms with Crippen LogP contribution in [-0.2, 0) is 0 Å². The van der Waals surface area contributed by atoms with Gasteiger partial charge >= 0.3 is 0 Å². The number of nitrogens with zero attached hydrogens (tertiary/aromatic N) is 2. The minimum Gasteiger partial charge on any atom is -0.385 e. The van der Waals surface area contributed by atoms with Crippen LogP contribution < -0.4 is 0 Å². The molecule has 1 N–H and O–H groups in total. The first-order valence-electron chi connectivity index (χ1n) is 5.55. The van der Waals surface area contributed by atoms with Gasteiger partial charge in [-0.25, -0.2) is 0 Å². The molecule has 0 aliphatic carbocycles. The third kappa shape index (κ3) is 3.26. The van der Waals surface area contributed by atoms with Crippen molar-refractivity contribution >= 4 is 39.1 Å². The van der Waals surface area contributed by atoms with Crippen LogP contribution in [0.3, 0.4) is 0 Å². The van der Waals surface area contributed by atoms with Gasteiger partial charge in [-0.15, -0.1) is 0 Å². The van der Waals surface area contributed by atoms with Crippen molar-refractivity contribution in [2.75, 3.05) is 0 Å². The Labute approximate surface area is 129 Å². The smallest absolute Gasteiger partial charge is 0.114 e. The SMILES string of the molecule is Cc1nccnc1C(O)C(Br)c1ccc(Cl)cc1Cl. The molecule has 0 aliphatic rings. The lowest BCUT2D eigenvalue weighted by molar-refractivity contribution is 0.171. The first-order valence-corrected chi connectivity index (χ1v) is 7.22. The Morgan fingerprint density at radius 3 is 2.53 bits per heavy atom. The average Bonchev–Trinajstić information content (AvgIpc) is 2.38. The molecule has 0 radical (unpaired) electrons. The van der Waals surface area contributed by atoms with Crippen LogP contribution in [0.15, 0.2) is 30.6 Å². The van der Waals surface area contributed by atoms with Crippen molar-refractivity contribution in [3.8, 4) is 0 Å². The molecule has 2 unspecified atom stereocenters. The lowest BCUT2D eigenvalue weighted by Crippen LogP contribution is -2.10. The van der Waals surface area contributed by atoms with Gasteiger partial charge in [-0.1, -0.05) is 45.2 Å². The molecule has 0 amide bonds. The molecular formula is C13H11BrCl2N2O. The highest BCUT2D eigenvalue weighted by Crippen LogP contribution is 2.39. The minimum atomic E-state index is -0.840. The number of aromatic nitrogens is 2. The van der Waals surface area contributed by atoms with E-state index in [0.29, 0.717) is 21.4 Å². The largest absolute Gasteiger partial charge is 0.385 e. The van der Waals surface area contributed by atoms with Crippen molar-refractivity contribution in [3.63, 3.8) is 0 Å². The quantitative estimate of drug-likeness (QED) is 0.830. The summed E-state index contributed by atoms with van der Waals surface area (Å²) in [6.07, 6.45) is 2.30. The van der Waals surface area contributed by atoms with E-state index < -0.39 is 6.10 Å². The molecule has 6 heteroatoms. The van der Waals surface area contributed by atoms with Gasteiger partial charge in [0, 0.05) is 22.4 Å². The summed E-state index contributed by atoms with van der Waals surface area (Å²) in [5.41, 5.74) is 1.96. The van der Waals surface area contributed by atoms with Crippen LogP contribution in [0.4, 0.5) is 0 Å². The first kappa shape index (κ1) is 14.7. The summed E-state index contributed by atoms with van der Waals surface area (Å²) in [6.45, 7) is 1.80. The maximum Gasteiger partial charge on any atom is 0.114 e. The monoisotopic (exact) mass is 360 g/mol. The Balaban J connectivity index is 2.33. The van der Waals surface area contributed by atoms with E-state index in [1.165, 1.54) is 0 Å². The summed E-state index contributed by atoms with van der Waals surface area (Å²) in [4.78, 5) is 7.89. The molecule has 0 bridgehead atoms. The highest BCUT2D eigenvalue weighted by molar-refractivity contribution is 9.09. The van der Waals surface area contributed by atoms with E-state index in [-0.39, 0.29) is 4.83 Å². The Bertz CT molecular complexity index is 595. The molecule has 2 rings (SSSR count). The highest BCUT2D eigenvalue weighted by Gasteiger charge is 2.24. The van der Waals surface area contributed by atoms with E-state index in [1.54, 1.807) is 37.5 Å². The summed E-state index contributed by atoms with van der Waals surface area (Å²) in [6, 6.07) is 5.15. The van der Waals surface area contributed by atoms with Crippen LogP contribution in [0.5, 0.6) is 0 Å². The molecule has 1 aromatic heterocycles. The summed E-state index contributed by atoms with van der Waals surface area (Å²) < 4.78 is 0. The second-order valence-corrected chi connectivity index (χ2v) is 5.87. The summed E-state index contributed by atoms with van der Waals surface area (Å²) >= 11 is 15.4. The van der Waals surface area contributed by atoms with E-state index in [9.17, 15) is 5.11 Å². The highest BCUT2D eigenvalue weighted by atomic mass is 79.9. The third-order valence-electron chi connectivity index (χ3n) is 2.74. The lowest BCUT2D eigenvalue weighted by atomic mass is 10.0. The molecular weight excluding hydrogens is 351 g/mol. The molecule has 0 aliphatic heterocycles. The number of rotatable bonds is 3. The van der Waals surface area contributed by atoms with E-state index in [4.69, 9.17) is 23.2 Å². The van der Waals surface area contributed by atoms with Crippen LogP contribution in [-0.4, -0.2) is 15.1 Å². The zero-order valence-corrected chi connectivity index (χ0v) is 13.1. The maximum absolute atomic E-state index is 10.4. The second-order valence-electron chi connectivity index (χ2n) is 4.04. The Morgan fingerprint density at radius 2 is 1.89 bits per heavy atom. The van der Waals surface area contributed by atoms with Gasteiger partial charge in [0.25, 0.3) is 0 Å². The predicted octanol–water partition coefficient (Wildman–Crippen LogP) is 4.26. The van der Waals surface area contributed by atoms with Gasteiger partial charge in [-0.2, -0.15) is 0 Å². The van der Waals surface area contributed by atoms with Gasteiger partial charge in [0.1, 0.15) is 6.10 Å². The van der Waals surface area contributed by atoms with Crippen molar-refractivity contribution in [1.82, 2.24) is 9.97 Å². The normalized spacial score (nSPS) is 14.2. The fourth-order valence-corrected chi connectivity index (χ4v) is 3.05. The van der Waals surface area contributed by atoms with Gasteiger partial charge < -0.3 is 5.11 Å². The predicted molar refractivity (Wildman–Crippen MR) is 79.9 cm³/mol. The molecule has 0 saturated heterocycles. The van der Waals surface area contributed by atoms with E-state index in [1.807, 2.05) is 0 Å². The van der Waals surface area contributed by atoms with Gasteiger partial charge in [0.2, 0.25) is 0 Å². The number of hydrogen-bond acceptors (Lipinski definition) is 3. The van der Waals surface area contributed by atoms with Crippen LogP contribution in [0.2, 0.25) is 10.0 Å². The number of aliphatic hydroxyl groups is 1. The van der Waals surface area contributed by atoms with E-state index in [2.05, 4.69) is 25.9 Å². The molecule has 0 fully saturated rings. The summed E-state index contributed by atoms with van der Waals surface area (Å²) in [7, 11) is 0.